The number of rotatable bonds is 8. The molecule has 2 heterocycles. The molecule has 0 radical (unpaired) electrons. The summed E-state index contributed by atoms with van der Waals surface area (Å²) in [5, 5.41) is 11.0. The average Bonchev–Trinajstić information content (AvgIpc) is 3.44. The summed E-state index contributed by atoms with van der Waals surface area (Å²) in [6.45, 7) is 5.35. The standard InChI is InChI=1S/C23H27N5O2.HI/c1-2-24-23(25-11-9-18-7-8-21-22(14-18)30-17-29-21)26-15-19-5-3-6-20(13-19)16-28-12-4-10-27-28;/h3-8,10,12-14H,2,9,11,15-17H2,1H3,(H2,24,25,26);1H. The molecule has 0 saturated heterocycles. The first-order chi connectivity index (χ1) is 14.8. The highest BCUT2D eigenvalue weighted by atomic mass is 127. The molecule has 1 aromatic heterocycles. The summed E-state index contributed by atoms with van der Waals surface area (Å²) >= 11 is 0. The second kappa shape index (κ2) is 11.6. The van der Waals surface area contributed by atoms with Gasteiger partial charge in [-0.3, -0.25) is 4.68 Å². The molecule has 8 heteroatoms. The maximum atomic E-state index is 5.45. The van der Waals surface area contributed by atoms with Gasteiger partial charge in [-0.2, -0.15) is 5.10 Å². The summed E-state index contributed by atoms with van der Waals surface area (Å²) in [5.74, 6) is 2.45. The second-order valence-corrected chi connectivity index (χ2v) is 7.08. The maximum absolute atomic E-state index is 5.45. The van der Waals surface area contributed by atoms with Crippen LogP contribution in [0.2, 0.25) is 0 Å². The Morgan fingerprint density at radius 3 is 2.74 bits per heavy atom. The van der Waals surface area contributed by atoms with E-state index in [4.69, 9.17) is 14.5 Å². The van der Waals surface area contributed by atoms with Gasteiger partial charge in [0, 0.05) is 25.5 Å². The predicted molar refractivity (Wildman–Crippen MR) is 132 cm³/mol. The van der Waals surface area contributed by atoms with Gasteiger partial charge in [0.25, 0.3) is 0 Å². The van der Waals surface area contributed by atoms with Crippen molar-refractivity contribution in [2.45, 2.75) is 26.4 Å². The predicted octanol–water partition coefficient (Wildman–Crippen LogP) is 3.58. The zero-order valence-corrected chi connectivity index (χ0v) is 19.9. The van der Waals surface area contributed by atoms with Gasteiger partial charge in [-0.05, 0) is 48.2 Å². The first-order valence-corrected chi connectivity index (χ1v) is 10.3. The Bertz CT molecular complexity index is 991. The third-order valence-electron chi connectivity index (χ3n) is 4.80. The minimum absolute atomic E-state index is 0. The van der Waals surface area contributed by atoms with Gasteiger partial charge in [-0.15, -0.1) is 24.0 Å². The van der Waals surface area contributed by atoms with E-state index in [9.17, 15) is 0 Å². The highest BCUT2D eigenvalue weighted by Gasteiger charge is 2.12. The van der Waals surface area contributed by atoms with Crippen LogP contribution in [0.15, 0.2) is 65.9 Å². The van der Waals surface area contributed by atoms with Gasteiger partial charge in [0.05, 0.1) is 13.1 Å². The third-order valence-corrected chi connectivity index (χ3v) is 4.80. The van der Waals surface area contributed by atoms with Gasteiger partial charge >= 0.3 is 0 Å². The van der Waals surface area contributed by atoms with Crippen molar-refractivity contribution in [2.75, 3.05) is 19.9 Å². The molecule has 0 atom stereocenters. The molecule has 3 aromatic rings. The Balaban J connectivity index is 0.00000272. The molecule has 0 unspecified atom stereocenters. The van der Waals surface area contributed by atoms with Gasteiger partial charge in [-0.25, -0.2) is 4.99 Å². The van der Waals surface area contributed by atoms with E-state index >= 15 is 0 Å². The molecule has 1 aliphatic rings. The first kappa shape index (κ1) is 22.9. The lowest BCUT2D eigenvalue weighted by atomic mass is 10.1. The summed E-state index contributed by atoms with van der Waals surface area (Å²) in [5.41, 5.74) is 3.59. The van der Waals surface area contributed by atoms with E-state index in [1.807, 2.05) is 29.1 Å². The van der Waals surface area contributed by atoms with Crippen molar-refractivity contribution >= 4 is 29.9 Å². The number of halogens is 1. The molecule has 0 saturated carbocycles. The van der Waals surface area contributed by atoms with E-state index in [0.717, 1.165) is 43.5 Å². The van der Waals surface area contributed by atoms with Gasteiger partial charge in [0.1, 0.15) is 0 Å². The summed E-state index contributed by atoms with van der Waals surface area (Å²) in [7, 11) is 0. The Hall–Kier alpha value is -2.75. The second-order valence-electron chi connectivity index (χ2n) is 7.08. The molecule has 0 bridgehead atoms. The summed E-state index contributed by atoms with van der Waals surface area (Å²) in [4.78, 5) is 4.74. The van der Waals surface area contributed by atoms with E-state index in [-0.39, 0.29) is 24.0 Å². The van der Waals surface area contributed by atoms with Crippen LogP contribution in [-0.4, -0.2) is 35.6 Å². The molecule has 0 spiro atoms. The van der Waals surface area contributed by atoms with E-state index in [0.29, 0.717) is 13.3 Å². The van der Waals surface area contributed by atoms with Crippen LogP contribution in [0.3, 0.4) is 0 Å². The quantitative estimate of drug-likeness (QED) is 0.263. The molecule has 7 nitrogen and oxygen atoms in total. The summed E-state index contributed by atoms with van der Waals surface area (Å²) in [6.07, 6.45) is 4.64. The van der Waals surface area contributed by atoms with E-state index in [1.165, 1.54) is 16.7 Å². The lowest BCUT2D eigenvalue weighted by Crippen LogP contribution is -2.38. The number of fused-ring (bicyclic) bond motifs is 1. The Kier molecular flexibility index (Phi) is 8.57. The zero-order chi connectivity index (χ0) is 20.6. The Morgan fingerprint density at radius 2 is 1.90 bits per heavy atom. The van der Waals surface area contributed by atoms with Crippen molar-refractivity contribution < 1.29 is 9.47 Å². The molecule has 0 amide bonds. The molecule has 31 heavy (non-hydrogen) atoms. The number of hydrogen-bond acceptors (Lipinski definition) is 4. The van der Waals surface area contributed by atoms with E-state index in [2.05, 4.69) is 53.0 Å². The van der Waals surface area contributed by atoms with Crippen LogP contribution in [-0.2, 0) is 19.5 Å². The van der Waals surface area contributed by atoms with Gasteiger partial charge in [0.15, 0.2) is 17.5 Å². The smallest absolute Gasteiger partial charge is 0.231 e. The van der Waals surface area contributed by atoms with Crippen LogP contribution < -0.4 is 20.1 Å². The number of benzene rings is 2. The van der Waals surface area contributed by atoms with Crippen LogP contribution in [0.5, 0.6) is 11.5 Å². The van der Waals surface area contributed by atoms with Gasteiger partial charge < -0.3 is 20.1 Å². The van der Waals surface area contributed by atoms with Crippen LogP contribution in [0.1, 0.15) is 23.6 Å². The van der Waals surface area contributed by atoms with Crippen LogP contribution in [0.25, 0.3) is 0 Å². The van der Waals surface area contributed by atoms with Crippen molar-refractivity contribution in [3.63, 3.8) is 0 Å². The number of nitrogens with zero attached hydrogens (tertiary/aromatic N) is 3. The molecule has 1 aliphatic heterocycles. The molecular weight excluding hydrogens is 505 g/mol. The summed E-state index contributed by atoms with van der Waals surface area (Å²) < 4.78 is 12.7. The highest BCUT2D eigenvalue weighted by Crippen LogP contribution is 2.32. The fraction of sp³-hybridized carbons (Fsp3) is 0.304. The number of aliphatic imine (C=N–C) groups is 1. The fourth-order valence-electron chi connectivity index (χ4n) is 3.34. The first-order valence-electron chi connectivity index (χ1n) is 10.3. The highest BCUT2D eigenvalue weighted by molar-refractivity contribution is 14.0. The lowest BCUT2D eigenvalue weighted by Gasteiger charge is -2.12. The number of hydrogen-bond donors (Lipinski definition) is 2. The minimum Gasteiger partial charge on any atom is -0.454 e. The fourth-order valence-corrected chi connectivity index (χ4v) is 3.34. The van der Waals surface area contributed by atoms with Crippen molar-refractivity contribution in [1.82, 2.24) is 20.4 Å². The maximum Gasteiger partial charge on any atom is 0.231 e. The van der Waals surface area contributed by atoms with Crippen molar-refractivity contribution in [2.24, 2.45) is 4.99 Å². The molecule has 2 aromatic carbocycles. The molecule has 4 rings (SSSR count). The normalized spacial score (nSPS) is 12.4. The van der Waals surface area contributed by atoms with Crippen molar-refractivity contribution in [3.05, 3.63) is 77.6 Å². The largest absolute Gasteiger partial charge is 0.454 e. The molecule has 2 N–H and O–H groups in total. The van der Waals surface area contributed by atoms with Gasteiger partial charge in [0.2, 0.25) is 6.79 Å². The minimum atomic E-state index is 0. The van der Waals surface area contributed by atoms with Gasteiger partial charge in [-0.1, -0.05) is 30.3 Å². The SMILES string of the molecule is CCNC(=NCc1cccc(Cn2cccn2)c1)NCCc1ccc2c(c1)OCO2.I. The number of guanidine groups is 1. The van der Waals surface area contributed by atoms with Crippen LogP contribution in [0.4, 0.5) is 0 Å². The Morgan fingerprint density at radius 1 is 1.03 bits per heavy atom. The number of aromatic nitrogens is 2. The Labute approximate surface area is 199 Å². The number of nitrogens with one attached hydrogen (secondary N) is 2. The summed E-state index contributed by atoms with van der Waals surface area (Å²) in [6, 6.07) is 16.5. The number of ether oxygens (including phenoxy) is 2. The average molecular weight is 533 g/mol. The topological polar surface area (TPSA) is 72.7 Å². The van der Waals surface area contributed by atoms with Crippen LogP contribution in [0, 0.1) is 0 Å². The van der Waals surface area contributed by atoms with Crippen LogP contribution >= 0.6 is 24.0 Å². The van der Waals surface area contributed by atoms with E-state index in [1.54, 1.807) is 6.20 Å². The third kappa shape index (κ3) is 6.61. The van der Waals surface area contributed by atoms with Crippen molar-refractivity contribution in [1.29, 1.82) is 0 Å². The molecule has 0 fully saturated rings. The lowest BCUT2D eigenvalue weighted by molar-refractivity contribution is 0.174. The molecule has 0 aliphatic carbocycles. The zero-order valence-electron chi connectivity index (χ0n) is 17.6. The van der Waals surface area contributed by atoms with Crippen molar-refractivity contribution in [3.8, 4) is 11.5 Å². The van der Waals surface area contributed by atoms with E-state index < -0.39 is 0 Å². The molecule has 164 valence electrons. The monoisotopic (exact) mass is 533 g/mol. The molecular formula is C23H28IN5O2.